The molecule has 0 spiro atoms. The highest BCUT2D eigenvalue weighted by Gasteiger charge is 2.11. The summed E-state index contributed by atoms with van der Waals surface area (Å²) >= 11 is 8.71. The number of thiophene rings is 1. The summed E-state index contributed by atoms with van der Waals surface area (Å²) in [7, 11) is 2.08. The molecule has 0 amide bonds. The Morgan fingerprint density at radius 3 is 2.80 bits per heavy atom. The van der Waals surface area contributed by atoms with Crippen LogP contribution in [0.2, 0.25) is 0 Å². The highest BCUT2D eigenvalue weighted by atomic mass is 79.9. The topological polar surface area (TPSA) is 28.2 Å². The Kier molecular flexibility index (Phi) is 6.01. The molecule has 2 heterocycles. The van der Waals surface area contributed by atoms with E-state index in [-0.39, 0.29) is 0 Å². The maximum Gasteiger partial charge on any atom is 0.133 e. The fraction of sp³-hybridized carbons (Fsp3) is 0.357. The van der Waals surface area contributed by atoms with Gasteiger partial charge in [0.1, 0.15) is 5.82 Å². The molecular weight excluding hydrogens is 402 g/mol. The first-order chi connectivity index (χ1) is 9.60. The zero-order chi connectivity index (χ0) is 14.5. The van der Waals surface area contributed by atoms with Gasteiger partial charge in [-0.25, -0.2) is 4.98 Å². The minimum absolute atomic E-state index is 0.829. The predicted octanol–water partition coefficient (Wildman–Crippen LogP) is 4.41. The summed E-state index contributed by atoms with van der Waals surface area (Å²) in [6, 6.07) is 4.29. The minimum atomic E-state index is 0.829. The molecule has 6 heteroatoms. The first-order valence-electron chi connectivity index (χ1n) is 6.39. The van der Waals surface area contributed by atoms with Crippen LogP contribution in [-0.4, -0.2) is 18.6 Å². The lowest BCUT2D eigenvalue weighted by molar-refractivity contribution is 0.719. The molecule has 0 aliphatic rings. The van der Waals surface area contributed by atoms with E-state index < -0.39 is 0 Å². The Bertz CT molecular complexity index is 571. The van der Waals surface area contributed by atoms with E-state index in [0.29, 0.717) is 0 Å². The third kappa shape index (κ3) is 4.28. The van der Waals surface area contributed by atoms with Gasteiger partial charge in [0.05, 0.1) is 3.79 Å². The molecule has 20 heavy (non-hydrogen) atoms. The quantitative estimate of drug-likeness (QED) is 0.752. The van der Waals surface area contributed by atoms with E-state index in [1.54, 1.807) is 11.3 Å². The number of nitrogens with one attached hydrogen (secondary N) is 1. The zero-order valence-electron chi connectivity index (χ0n) is 11.5. The van der Waals surface area contributed by atoms with Crippen LogP contribution >= 0.6 is 43.2 Å². The largest absolute Gasteiger partial charge is 0.355 e. The molecule has 0 atom stereocenters. The summed E-state index contributed by atoms with van der Waals surface area (Å²) < 4.78 is 2.18. The molecule has 0 saturated heterocycles. The molecule has 3 nitrogen and oxygen atoms in total. The highest BCUT2D eigenvalue weighted by molar-refractivity contribution is 9.11. The van der Waals surface area contributed by atoms with Crippen molar-refractivity contribution < 1.29 is 0 Å². The zero-order valence-corrected chi connectivity index (χ0v) is 15.5. The number of nitrogens with zero attached hydrogens (tertiary/aromatic N) is 2. The molecule has 0 saturated carbocycles. The summed E-state index contributed by atoms with van der Waals surface area (Å²) in [5.74, 6) is 1.02. The molecule has 2 aromatic rings. The van der Waals surface area contributed by atoms with Gasteiger partial charge in [0.25, 0.3) is 0 Å². The van der Waals surface area contributed by atoms with Gasteiger partial charge in [0.15, 0.2) is 0 Å². The SMILES string of the molecule is CCNCc1cc(Br)cnc1N(C)Cc1csc(Br)c1. The molecule has 0 bridgehead atoms. The Morgan fingerprint density at radius 1 is 1.35 bits per heavy atom. The number of hydrogen-bond donors (Lipinski definition) is 1. The van der Waals surface area contributed by atoms with Crippen LogP contribution in [0, 0.1) is 0 Å². The average molecular weight is 419 g/mol. The fourth-order valence-electron chi connectivity index (χ4n) is 1.98. The molecule has 0 aliphatic carbocycles. The van der Waals surface area contributed by atoms with Gasteiger partial charge in [-0.05, 0) is 61.5 Å². The van der Waals surface area contributed by atoms with Crippen LogP contribution in [0.1, 0.15) is 18.1 Å². The average Bonchev–Trinajstić information content (AvgIpc) is 2.81. The molecule has 0 radical (unpaired) electrons. The van der Waals surface area contributed by atoms with E-state index in [1.165, 1.54) is 11.1 Å². The van der Waals surface area contributed by atoms with Gasteiger partial charge in [-0.15, -0.1) is 11.3 Å². The standard InChI is InChI=1S/C14H17Br2N3S/c1-3-17-6-11-5-12(15)7-18-14(11)19(2)8-10-4-13(16)20-9-10/h4-5,7,9,17H,3,6,8H2,1-2H3. The molecular formula is C14H17Br2N3S. The van der Waals surface area contributed by atoms with E-state index in [1.807, 2.05) is 6.20 Å². The number of pyridine rings is 1. The van der Waals surface area contributed by atoms with Gasteiger partial charge in [-0.3, -0.25) is 0 Å². The number of halogens is 2. The molecule has 1 N–H and O–H groups in total. The molecule has 0 aliphatic heterocycles. The summed E-state index contributed by atoms with van der Waals surface area (Å²) in [4.78, 5) is 6.75. The molecule has 108 valence electrons. The van der Waals surface area contributed by atoms with Crippen molar-refractivity contribution in [2.45, 2.75) is 20.0 Å². The van der Waals surface area contributed by atoms with E-state index in [9.17, 15) is 0 Å². The second-order valence-corrected chi connectivity index (χ2v) is 7.74. The monoisotopic (exact) mass is 417 g/mol. The van der Waals surface area contributed by atoms with Crippen molar-refractivity contribution in [2.24, 2.45) is 0 Å². The Hall–Kier alpha value is -0.430. The van der Waals surface area contributed by atoms with Crippen LogP contribution in [0.4, 0.5) is 5.82 Å². The maximum atomic E-state index is 4.56. The molecule has 0 unspecified atom stereocenters. The Balaban J connectivity index is 2.17. The van der Waals surface area contributed by atoms with Crippen molar-refractivity contribution in [3.63, 3.8) is 0 Å². The second-order valence-electron chi connectivity index (χ2n) is 4.53. The van der Waals surface area contributed by atoms with Crippen LogP contribution in [0.3, 0.4) is 0 Å². The number of anilines is 1. The highest BCUT2D eigenvalue weighted by Crippen LogP contribution is 2.25. The third-order valence-electron chi connectivity index (χ3n) is 2.88. The van der Waals surface area contributed by atoms with E-state index in [4.69, 9.17) is 0 Å². The molecule has 2 rings (SSSR count). The third-order valence-corrected chi connectivity index (χ3v) is 4.86. The summed E-state index contributed by atoms with van der Waals surface area (Å²) in [5, 5.41) is 5.53. The van der Waals surface area contributed by atoms with Gasteiger partial charge in [-0.1, -0.05) is 6.92 Å². The van der Waals surface area contributed by atoms with Gasteiger partial charge < -0.3 is 10.2 Å². The Morgan fingerprint density at radius 2 is 2.15 bits per heavy atom. The predicted molar refractivity (Wildman–Crippen MR) is 93.4 cm³/mol. The van der Waals surface area contributed by atoms with Crippen LogP contribution < -0.4 is 10.2 Å². The van der Waals surface area contributed by atoms with Crippen LogP contribution in [0.5, 0.6) is 0 Å². The van der Waals surface area contributed by atoms with Gasteiger partial charge in [-0.2, -0.15) is 0 Å². The number of hydrogen-bond acceptors (Lipinski definition) is 4. The number of aromatic nitrogens is 1. The van der Waals surface area contributed by atoms with E-state index in [2.05, 4.69) is 78.5 Å². The smallest absolute Gasteiger partial charge is 0.133 e. The first kappa shape index (κ1) is 15.9. The van der Waals surface area contributed by atoms with E-state index >= 15 is 0 Å². The van der Waals surface area contributed by atoms with Crippen LogP contribution in [0.25, 0.3) is 0 Å². The van der Waals surface area contributed by atoms with Crippen molar-refractivity contribution in [1.29, 1.82) is 0 Å². The Labute approximate surface area is 140 Å². The van der Waals surface area contributed by atoms with E-state index in [0.717, 1.165) is 33.7 Å². The van der Waals surface area contributed by atoms with Gasteiger partial charge >= 0.3 is 0 Å². The second kappa shape index (κ2) is 7.54. The van der Waals surface area contributed by atoms with Gasteiger partial charge in [0, 0.05) is 36.4 Å². The fourth-order valence-corrected chi connectivity index (χ4v) is 3.56. The van der Waals surface area contributed by atoms with Crippen LogP contribution in [0.15, 0.2) is 32.0 Å². The summed E-state index contributed by atoms with van der Waals surface area (Å²) in [5.41, 5.74) is 2.50. The van der Waals surface area contributed by atoms with Crippen molar-refractivity contribution >= 4 is 49.0 Å². The maximum absolute atomic E-state index is 4.56. The summed E-state index contributed by atoms with van der Waals surface area (Å²) in [6.07, 6.45) is 1.85. The lowest BCUT2D eigenvalue weighted by atomic mass is 10.2. The van der Waals surface area contributed by atoms with Crippen molar-refractivity contribution in [2.75, 3.05) is 18.5 Å². The first-order valence-corrected chi connectivity index (χ1v) is 8.86. The van der Waals surface area contributed by atoms with Crippen molar-refractivity contribution in [1.82, 2.24) is 10.3 Å². The number of rotatable bonds is 6. The molecule has 0 aromatic carbocycles. The van der Waals surface area contributed by atoms with Crippen molar-refractivity contribution in [3.8, 4) is 0 Å². The lowest BCUT2D eigenvalue weighted by Crippen LogP contribution is -2.21. The molecule has 0 fully saturated rings. The van der Waals surface area contributed by atoms with Crippen molar-refractivity contribution in [3.05, 3.63) is 43.1 Å². The minimum Gasteiger partial charge on any atom is -0.355 e. The lowest BCUT2D eigenvalue weighted by Gasteiger charge is -2.21. The molecule has 2 aromatic heterocycles. The van der Waals surface area contributed by atoms with Gasteiger partial charge in [0.2, 0.25) is 0 Å². The normalized spacial score (nSPS) is 10.8. The summed E-state index contributed by atoms with van der Waals surface area (Å²) in [6.45, 7) is 4.75. The van der Waals surface area contributed by atoms with Crippen LogP contribution in [-0.2, 0) is 13.1 Å².